The van der Waals surface area contributed by atoms with Crippen LogP contribution in [0, 0.1) is 13.8 Å². The smallest absolute Gasteiger partial charge is 0.265 e. The van der Waals surface area contributed by atoms with Gasteiger partial charge in [-0.15, -0.1) is 0 Å². The second kappa shape index (κ2) is 6.20. The lowest BCUT2D eigenvalue weighted by molar-refractivity contribution is -0.122. The summed E-state index contributed by atoms with van der Waals surface area (Å²) in [6.45, 7) is 5.88. The van der Waals surface area contributed by atoms with E-state index in [0.717, 1.165) is 16.9 Å². The molecule has 0 saturated heterocycles. The number of amides is 1. The van der Waals surface area contributed by atoms with Gasteiger partial charge >= 0.3 is 0 Å². The van der Waals surface area contributed by atoms with Crippen LogP contribution in [0.2, 0.25) is 0 Å². The first-order chi connectivity index (χ1) is 11.0. The van der Waals surface area contributed by atoms with E-state index in [-0.39, 0.29) is 12.7 Å². The summed E-state index contributed by atoms with van der Waals surface area (Å²) in [6, 6.07) is 11.2. The van der Waals surface area contributed by atoms with Gasteiger partial charge in [0.25, 0.3) is 5.91 Å². The molecular weight excluding hydrogens is 294 g/mol. The van der Waals surface area contributed by atoms with Crippen molar-refractivity contribution in [2.45, 2.75) is 26.9 Å². The van der Waals surface area contributed by atoms with Crippen molar-refractivity contribution in [2.24, 2.45) is 0 Å². The van der Waals surface area contributed by atoms with E-state index >= 15 is 0 Å². The first-order valence-electron chi connectivity index (χ1n) is 7.47. The number of hydrogen-bond donors (Lipinski definition) is 1. The molecule has 0 bridgehead atoms. The third-order valence-electron chi connectivity index (χ3n) is 3.66. The molecule has 23 heavy (non-hydrogen) atoms. The number of aryl methyl sites for hydroxylation is 2. The van der Waals surface area contributed by atoms with Gasteiger partial charge in [-0.1, -0.05) is 12.1 Å². The number of fused-ring (bicyclic) bond motifs is 1. The maximum Gasteiger partial charge on any atom is 0.265 e. The molecule has 120 valence electrons. The Morgan fingerprint density at radius 2 is 1.91 bits per heavy atom. The van der Waals surface area contributed by atoms with Crippen LogP contribution < -0.4 is 19.5 Å². The van der Waals surface area contributed by atoms with Crippen LogP contribution in [0.1, 0.15) is 18.1 Å². The van der Waals surface area contributed by atoms with Crippen molar-refractivity contribution in [1.29, 1.82) is 0 Å². The molecule has 5 nitrogen and oxygen atoms in total. The zero-order valence-corrected chi connectivity index (χ0v) is 13.4. The summed E-state index contributed by atoms with van der Waals surface area (Å²) in [5.74, 6) is 1.82. The van der Waals surface area contributed by atoms with Crippen molar-refractivity contribution in [1.82, 2.24) is 0 Å². The molecule has 1 heterocycles. The number of carbonyl (C=O) groups excluding carboxylic acids is 1. The molecule has 0 aromatic heterocycles. The summed E-state index contributed by atoms with van der Waals surface area (Å²) < 4.78 is 16.3. The van der Waals surface area contributed by atoms with E-state index in [1.54, 1.807) is 25.1 Å². The number of ether oxygens (including phenoxy) is 3. The van der Waals surface area contributed by atoms with Crippen molar-refractivity contribution >= 4 is 11.6 Å². The van der Waals surface area contributed by atoms with Crippen LogP contribution in [0.15, 0.2) is 36.4 Å². The molecule has 1 unspecified atom stereocenters. The first kappa shape index (κ1) is 15.2. The van der Waals surface area contributed by atoms with Crippen LogP contribution in [-0.2, 0) is 4.79 Å². The van der Waals surface area contributed by atoms with Gasteiger partial charge in [-0.05, 0) is 50.1 Å². The van der Waals surface area contributed by atoms with E-state index < -0.39 is 6.10 Å². The number of hydrogen-bond acceptors (Lipinski definition) is 4. The summed E-state index contributed by atoms with van der Waals surface area (Å²) in [6.07, 6.45) is -0.610. The van der Waals surface area contributed by atoms with E-state index in [1.165, 1.54) is 0 Å². The molecule has 5 heteroatoms. The van der Waals surface area contributed by atoms with Crippen molar-refractivity contribution < 1.29 is 19.0 Å². The molecule has 1 aliphatic heterocycles. The minimum Gasteiger partial charge on any atom is -0.481 e. The molecule has 0 saturated carbocycles. The van der Waals surface area contributed by atoms with Crippen molar-refractivity contribution in [3.05, 3.63) is 47.5 Å². The third kappa shape index (κ3) is 3.39. The molecular formula is C18H19NO4. The highest BCUT2D eigenvalue weighted by Crippen LogP contribution is 2.34. The molecule has 1 atom stereocenters. The number of nitrogens with one attached hydrogen (secondary N) is 1. The van der Waals surface area contributed by atoms with Crippen molar-refractivity contribution in [3.8, 4) is 17.2 Å². The maximum absolute atomic E-state index is 12.3. The lowest BCUT2D eigenvalue weighted by Gasteiger charge is -2.17. The first-order valence-corrected chi connectivity index (χ1v) is 7.47. The van der Waals surface area contributed by atoms with E-state index in [9.17, 15) is 4.79 Å². The Morgan fingerprint density at radius 3 is 2.74 bits per heavy atom. The molecule has 0 radical (unpaired) electrons. The molecule has 3 rings (SSSR count). The van der Waals surface area contributed by atoms with Crippen LogP contribution in [-0.4, -0.2) is 18.8 Å². The molecule has 0 spiro atoms. The lowest BCUT2D eigenvalue weighted by Crippen LogP contribution is -2.30. The maximum atomic E-state index is 12.3. The second-order valence-electron chi connectivity index (χ2n) is 5.59. The number of anilines is 1. The Balaban J connectivity index is 1.67. The topological polar surface area (TPSA) is 56.8 Å². The molecule has 0 fully saturated rings. The summed E-state index contributed by atoms with van der Waals surface area (Å²) in [7, 11) is 0. The monoisotopic (exact) mass is 313 g/mol. The predicted octanol–water partition coefficient (Wildman–Crippen LogP) is 3.44. The summed E-state index contributed by atoms with van der Waals surface area (Å²) in [5, 5.41) is 2.83. The highest BCUT2D eigenvalue weighted by atomic mass is 16.7. The fourth-order valence-corrected chi connectivity index (χ4v) is 2.30. The van der Waals surface area contributed by atoms with Gasteiger partial charge < -0.3 is 19.5 Å². The van der Waals surface area contributed by atoms with Crippen molar-refractivity contribution in [2.75, 3.05) is 12.1 Å². The Bertz CT molecular complexity index is 742. The van der Waals surface area contributed by atoms with Gasteiger partial charge in [-0.3, -0.25) is 4.79 Å². The average molecular weight is 313 g/mol. The molecule has 1 aliphatic rings. The van der Waals surface area contributed by atoms with Gasteiger partial charge in [0, 0.05) is 11.8 Å². The highest BCUT2D eigenvalue weighted by molar-refractivity contribution is 5.94. The molecule has 0 aliphatic carbocycles. The van der Waals surface area contributed by atoms with Gasteiger partial charge in [0.05, 0.1) is 0 Å². The molecule has 1 amide bonds. The number of rotatable bonds is 4. The standard InChI is InChI=1S/C18H19NO4/c1-11-4-5-12(2)16(8-11)23-13(3)18(20)19-14-6-7-15-17(9-14)22-10-21-15/h4-9,13H,10H2,1-3H3,(H,19,20). The predicted molar refractivity (Wildman–Crippen MR) is 87.2 cm³/mol. The normalized spacial score (nSPS) is 13.5. The Labute approximate surface area is 135 Å². The third-order valence-corrected chi connectivity index (χ3v) is 3.66. The van der Waals surface area contributed by atoms with Crippen LogP contribution in [0.5, 0.6) is 17.2 Å². The van der Waals surface area contributed by atoms with E-state index in [2.05, 4.69) is 5.32 Å². The summed E-state index contributed by atoms with van der Waals surface area (Å²) in [4.78, 5) is 12.3. The van der Waals surface area contributed by atoms with Gasteiger partial charge in [0.15, 0.2) is 17.6 Å². The highest BCUT2D eigenvalue weighted by Gasteiger charge is 2.18. The van der Waals surface area contributed by atoms with Crippen LogP contribution >= 0.6 is 0 Å². The van der Waals surface area contributed by atoms with Crippen LogP contribution in [0.3, 0.4) is 0 Å². The zero-order chi connectivity index (χ0) is 16.4. The van der Waals surface area contributed by atoms with Gasteiger partial charge in [-0.25, -0.2) is 0 Å². The quantitative estimate of drug-likeness (QED) is 0.939. The van der Waals surface area contributed by atoms with Gasteiger partial charge in [-0.2, -0.15) is 0 Å². The second-order valence-corrected chi connectivity index (χ2v) is 5.59. The summed E-state index contributed by atoms with van der Waals surface area (Å²) >= 11 is 0. The minimum absolute atomic E-state index is 0.207. The fourth-order valence-electron chi connectivity index (χ4n) is 2.30. The van der Waals surface area contributed by atoms with E-state index in [1.807, 2.05) is 32.0 Å². The van der Waals surface area contributed by atoms with Crippen LogP contribution in [0.25, 0.3) is 0 Å². The van der Waals surface area contributed by atoms with Gasteiger partial charge in [0.2, 0.25) is 6.79 Å². The largest absolute Gasteiger partial charge is 0.481 e. The Morgan fingerprint density at radius 1 is 1.13 bits per heavy atom. The Hall–Kier alpha value is -2.69. The zero-order valence-electron chi connectivity index (χ0n) is 13.4. The number of carbonyl (C=O) groups is 1. The fraction of sp³-hybridized carbons (Fsp3) is 0.278. The molecule has 2 aromatic carbocycles. The Kier molecular flexibility index (Phi) is 4.10. The summed E-state index contributed by atoms with van der Waals surface area (Å²) in [5.41, 5.74) is 2.74. The average Bonchev–Trinajstić information content (AvgIpc) is 2.98. The van der Waals surface area contributed by atoms with E-state index in [4.69, 9.17) is 14.2 Å². The van der Waals surface area contributed by atoms with Gasteiger partial charge in [0.1, 0.15) is 5.75 Å². The lowest BCUT2D eigenvalue weighted by atomic mass is 10.1. The van der Waals surface area contributed by atoms with E-state index in [0.29, 0.717) is 17.2 Å². The van der Waals surface area contributed by atoms with Crippen molar-refractivity contribution in [3.63, 3.8) is 0 Å². The molecule has 2 aromatic rings. The molecule has 1 N–H and O–H groups in total. The minimum atomic E-state index is -0.610. The van der Waals surface area contributed by atoms with Crippen LogP contribution in [0.4, 0.5) is 5.69 Å². The SMILES string of the molecule is Cc1ccc(C)c(OC(C)C(=O)Nc2ccc3c(c2)OCO3)c1. The number of benzene rings is 2.